The lowest BCUT2D eigenvalue weighted by Crippen LogP contribution is -2.25. The fraction of sp³-hybridized carbons (Fsp3) is 1.00. The van der Waals surface area contributed by atoms with E-state index in [0.717, 1.165) is 12.3 Å². The largest absolute Gasteiger partial charge is 0.393 e. The van der Waals surface area contributed by atoms with Crippen molar-refractivity contribution < 1.29 is 5.11 Å². The average molecular weight is 239 g/mol. The molecule has 0 amide bonds. The standard InChI is InChI=1S/C15H29NO/c1-2-3-4-5-6-7-10-16-11-13-8-9-15(17)14(13)12-16/h13-15,17H,2-12H2,1H3. The Morgan fingerprint density at radius 1 is 1.00 bits per heavy atom. The Kier molecular flexibility index (Phi) is 5.30. The summed E-state index contributed by atoms with van der Waals surface area (Å²) in [4.78, 5) is 2.59. The number of nitrogens with zero attached hydrogens (tertiary/aromatic N) is 1. The van der Waals surface area contributed by atoms with E-state index in [1.165, 1.54) is 64.6 Å². The van der Waals surface area contributed by atoms with Gasteiger partial charge in [0, 0.05) is 19.0 Å². The first-order valence-electron chi connectivity index (χ1n) is 7.71. The highest BCUT2D eigenvalue weighted by molar-refractivity contribution is 4.93. The molecule has 100 valence electrons. The second kappa shape index (κ2) is 6.75. The van der Waals surface area contributed by atoms with Crippen molar-refractivity contribution in [2.24, 2.45) is 11.8 Å². The number of likely N-dealkylation sites (tertiary alicyclic amines) is 1. The lowest BCUT2D eigenvalue weighted by molar-refractivity contribution is 0.124. The third-order valence-corrected chi connectivity index (χ3v) is 4.72. The predicted molar refractivity (Wildman–Crippen MR) is 72.0 cm³/mol. The zero-order valence-electron chi connectivity index (χ0n) is 11.4. The number of aliphatic hydroxyl groups excluding tert-OH is 1. The van der Waals surface area contributed by atoms with Crippen molar-refractivity contribution in [1.29, 1.82) is 0 Å². The lowest BCUT2D eigenvalue weighted by Gasteiger charge is -2.17. The molecule has 0 aromatic rings. The minimum absolute atomic E-state index is 0.00885. The normalized spacial score (nSPS) is 33.2. The highest BCUT2D eigenvalue weighted by Gasteiger charge is 2.41. The van der Waals surface area contributed by atoms with Crippen LogP contribution in [0, 0.1) is 11.8 Å². The molecule has 1 saturated heterocycles. The van der Waals surface area contributed by atoms with Gasteiger partial charge in [-0.15, -0.1) is 0 Å². The van der Waals surface area contributed by atoms with Crippen molar-refractivity contribution in [3.05, 3.63) is 0 Å². The predicted octanol–water partition coefficient (Wildman–Crippen LogP) is 3.05. The SMILES string of the molecule is CCCCCCCCN1CC2CCC(O)C2C1. The Bertz CT molecular complexity index is 219. The van der Waals surface area contributed by atoms with E-state index in [1.807, 2.05) is 0 Å². The van der Waals surface area contributed by atoms with Gasteiger partial charge in [-0.3, -0.25) is 0 Å². The van der Waals surface area contributed by atoms with Crippen molar-refractivity contribution in [1.82, 2.24) is 4.90 Å². The molecule has 0 aromatic heterocycles. The van der Waals surface area contributed by atoms with E-state index in [1.54, 1.807) is 0 Å². The molecule has 3 unspecified atom stereocenters. The quantitative estimate of drug-likeness (QED) is 0.690. The minimum Gasteiger partial charge on any atom is -0.393 e. The molecule has 1 saturated carbocycles. The first kappa shape index (κ1) is 13.4. The van der Waals surface area contributed by atoms with E-state index in [4.69, 9.17) is 0 Å². The molecular formula is C15H29NO. The smallest absolute Gasteiger partial charge is 0.0583 e. The van der Waals surface area contributed by atoms with Crippen molar-refractivity contribution in [2.75, 3.05) is 19.6 Å². The average Bonchev–Trinajstić information content (AvgIpc) is 2.86. The summed E-state index contributed by atoms with van der Waals surface area (Å²) in [5.41, 5.74) is 0. The van der Waals surface area contributed by atoms with Crippen molar-refractivity contribution in [3.8, 4) is 0 Å². The molecule has 0 radical (unpaired) electrons. The van der Waals surface area contributed by atoms with Gasteiger partial charge in [0.15, 0.2) is 0 Å². The maximum atomic E-state index is 9.86. The van der Waals surface area contributed by atoms with Gasteiger partial charge in [0.25, 0.3) is 0 Å². The monoisotopic (exact) mass is 239 g/mol. The maximum absolute atomic E-state index is 9.86. The molecule has 1 N–H and O–H groups in total. The Hall–Kier alpha value is -0.0800. The van der Waals surface area contributed by atoms with Gasteiger partial charge in [0.1, 0.15) is 0 Å². The zero-order chi connectivity index (χ0) is 12.1. The van der Waals surface area contributed by atoms with Crippen LogP contribution in [0.3, 0.4) is 0 Å². The van der Waals surface area contributed by atoms with Crippen LogP contribution in [-0.4, -0.2) is 35.7 Å². The summed E-state index contributed by atoms with van der Waals surface area (Å²) in [6.07, 6.45) is 10.7. The molecule has 3 atom stereocenters. The van der Waals surface area contributed by atoms with Gasteiger partial charge >= 0.3 is 0 Å². The maximum Gasteiger partial charge on any atom is 0.0583 e. The summed E-state index contributed by atoms with van der Waals surface area (Å²) >= 11 is 0. The van der Waals surface area contributed by atoms with E-state index in [2.05, 4.69) is 11.8 Å². The number of rotatable bonds is 7. The molecule has 1 aliphatic carbocycles. The minimum atomic E-state index is 0.00885. The van der Waals surface area contributed by atoms with Crippen molar-refractivity contribution in [3.63, 3.8) is 0 Å². The molecule has 1 aliphatic heterocycles. The van der Waals surface area contributed by atoms with Gasteiger partial charge in [-0.2, -0.15) is 0 Å². The molecule has 0 aromatic carbocycles. The van der Waals surface area contributed by atoms with E-state index >= 15 is 0 Å². The topological polar surface area (TPSA) is 23.5 Å². The van der Waals surface area contributed by atoms with Crippen LogP contribution in [0.2, 0.25) is 0 Å². The molecular weight excluding hydrogens is 210 g/mol. The number of aliphatic hydroxyl groups is 1. The summed E-state index contributed by atoms with van der Waals surface area (Å²) in [6, 6.07) is 0. The molecule has 2 fully saturated rings. The van der Waals surface area contributed by atoms with Crippen molar-refractivity contribution in [2.45, 2.75) is 64.4 Å². The Morgan fingerprint density at radius 2 is 1.76 bits per heavy atom. The zero-order valence-corrected chi connectivity index (χ0v) is 11.4. The molecule has 2 aliphatic rings. The van der Waals surface area contributed by atoms with Crippen LogP contribution in [0.15, 0.2) is 0 Å². The molecule has 2 heteroatoms. The van der Waals surface area contributed by atoms with Crippen molar-refractivity contribution >= 4 is 0 Å². The van der Waals surface area contributed by atoms with Gasteiger partial charge < -0.3 is 10.0 Å². The van der Waals surface area contributed by atoms with Crippen LogP contribution < -0.4 is 0 Å². The Balaban J connectivity index is 1.53. The van der Waals surface area contributed by atoms with E-state index in [0.29, 0.717) is 5.92 Å². The van der Waals surface area contributed by atoms with E-state index in [-0.39, 0.29) is 6.10 Å². The molecule has 17 heavy (non-hydrogen) atoms. The summed E-state index contributed by atoms with van der Waals surface area (Å²) < 4.78 is 0. The van der Waals surface area contributed by atoms with Crippen LogP contribution in [0.1, 0.15) is 58.3 Å². The first-order chi connectivity index (χ1) is 8.31. The van der Waals surface area contributed by atoms with Gasteiger partial charge in [-0.1, -0.05) is 39.0 Å². The van der Waals surface area contributed by atoms with Crippen LogP contribution >= 0.6 is 0 Å². The second-order valence-electron chi connectivity index (χ2n) is 6.10. The number of hydrogen-bond donors (Lipinski definition) is 1. The van der Waals surface area contributed by atoms with Crippen LogP contribution in [0.5, 0.6) is 0 Å². The van der Waals surface area contributed by atoms with Crippen LogP contribution in [0.4, 0.5) is 0 Å². The second-order valence-corrected chi connectivity index (χ2v) is 6.10. The van der Waals surface area contributed by atoms with E-state index in [9.17, 15) is 5.11 Å². The molecule has 0 spiro atoms. The fourth-order valence-electron chi connectivity index (χ4n) is 3.63. The van der Waals surface area contributed by atoms with Gasteiger partial charge in [-0.25, -0.2) is 0 Å². The van der Waals surface area contributed by atoms with Gasteiger partial charge in [-0.05, 0) is 31.7 Å². The van der Waals surface area contributed by atoms with Gasteiger partial charge in [0.2, 0.25) is 0 Å². The number of hydrogen-bond acceptors (Lipinski definition) is 2. The third-order valence-electron chi connectivity index (χ3n) is 4.72. The van der Waals surface area contributed by atoms with Crippen LogP contribution in [-0.2, 0) is 0 Å². The fourth-order valence-corrected chi connectivity index (χ4v) is 3.63. The van der Waals surface area contributed by atoms with E-state index < -0.39 is 0 Å². The van der Waals surface area contributed by atoms with Crippen LogP contribution in [0.25, 0.3) is 0 Å². The molecule has 2 nitrogen and oxygen atoms in total. The summed E-state index contributed by atoms with van der Waals surface area (Å²) in [7, 11) is 0. The molecule has 1 heterocycles. The number of unbranched alkanes of at least 4 members (excludes halogenated alkanes) is 5. The highest BCUT2D eigenvalue weighted by Crippen LogP contribution is 2.37. The first-order valence-corrected chi connectivity index (χ1v) is 7.71. The third kappa shape index (κ3) is 3.69. The molecule has 2 rings (SSSR count). The molecule has 0 bridgehead atoms. The Labute approximate surface area is 106 Å². The number of fused-ring (bicyclic) bond motifs is 1. The van der Waals surface area contributed by atoms with Gasteiger partial charge in [0.05, 0.1) is 6.10 Å². The summed E-state index contributed by atoms with van der Waals surface area (Å²) in [5, 5.41) is 9.86. The highest BCUT2D eigenvalue weighted by atomic mass is 16.3. The lowest BCUT2D eigenvalue weighted by atomic mass is 10.00. The summed E-state index contributed by atoms with van der Waals surface area (Å²) in [5.74, 6) is 1.42. The Morgan fingerprint density at radius 3 is 2.53 bits per heavy atom. The summed E-state index contributed by atoms with van der Waals surface area (Å²) in [6.45, 7) is 5.97.